The fourth-order valence-electron chi connectivity index (χ4n) is 0.760. The zero-order valence-corrected chi connectivity index (χ0v) is 8.75. The van der Waals surface area contributed by atoms with Crippen molar-refractivity contribution in [3.05, 3.63) is 0 Å². The Morgan fingerprint density at radius 1 is 1.25 bits per heavy atom. The van der Waals surface area contributed by atoms with Crippen molar-refractivity contribution in [2.24, 2.45) is 0 Å². The first-order valence-electron chi connectivity index (χ1n) is 4.04. The summed E-state index contributed by atoms with van der Waals surface area (Å²) in [5, 5.41) is 0. The van der Waals surface area contributed by atoms with Crippen LogP contribution in [0.3, 0.4) is 0 Å². The molecule has 0 bridgehead atoms. The maximum Gasteiger partial charge on any atom is 0.692 e. The van der Waals surface area contributed by atoms with Crippen LogP contribution in [0.2, 0.25) is 0 Å². The van der Waals surface area contributed by atoms with Gasteiger partial charge in [0, 0.05) is 11.2 Å². The summed E-state index contributed by atoms with van der Waals surface area (Å²) in [7, 11) is -2.87. The zero-order chi connectivity index (χ0) is 9.98. The Hall–Kier alpha value is -0.0200. The molecule has 0 aliphatic heterocycles. The summed E-state index contributed by atoms with van der Waals surface area (Å²) < 4.78 is 14.0. The molecule has 0 rings (SSSR count). The van der Waals surface area contributed by atoms with Crippen LogP contribution in [-0.4, -0.2) is 22.5 Å². The van der Waals surface area contributed by atoms with E-state index in [-0.39, 0.29) is 0 Å². The lowest BCUT2D eigenvalue weighted by Crippen LogP contribution is -2.08. The summed E-state index contributed by atoms with van der Waals surface area (Å²) in [4.78, 5) is 14.2. The monoisotopic (exact) mass is 197 g/mol. The van der Waals surface area contributed by atoms with Crippen LogP contribution in [0.4, 0.5) is 0 Å². The third-order valence-corrected chi connectivity index (χ3v) is 1.31. The fourth-order valence-corrected chi connectivity index (χ4v) is 0.760. The minimum Gasteiger partial charge on any atom is -0.379 e. The third kappa shape index (κ3) is 16.5. The number of rotatable bonds is 4. The fraction of sp³-hybridized carbons (Fsp3) is 1.00. The lowest BCUT2D eigenvalue weighted by atomic mass is 10.2. The summed E-state index contributed by atoms with van der Waals surface area (Å²) in [5.41, 5.74) is 0. The Morgan fingerprint density at radius 2 is 1.58 bits per heavy atom. The highest BCUT2D eigenvalue weighted by Gasteiger charge is 1.98. The van der Waals surface area contributed by atoms with Gasteiger partial charge in [-0.3, -0.25) is 0 Å². The topological polar surface area (TPSA) is 66.8 Å². The molecule has 5 heteroatoms. The maximum absolute atomic E-state index is 8.70. The average molecular weight is 197 g/mol. The second-order valence-corrected chi connectivity index (χ2v) is 2.65. The Labute approximate surface area is 74.5 Å². The number of hydrogen-bond donors (Lipinski definition) is 2. The molecule has 0 saturated heterocycles. The Morgan fingerprint density at radius 3 is 1.67 bits per heavy atom. The van der Waals surface area contributed by atoms with E-state index in [1.54, 1.807) is 0 Å². The molecule has 4 nitrogen and oxygen atoms in total. The first-order chi connectivity index (χ1) is 5.58. The molecule has 0 aromatic carbocycles. The molecule has 2 N–H and O–H groups in total. The van der Waals surface area contributed by atoms with Gasteiger partial charge in [0.15, 0.2) is 0 Å². The molecule has 0 fully saturated rings. The summed E-state index contributed by atoms with van der Waals surface area (Å²) in [6, 6.07) is 0. The van der Waals surface area contributed by atoms with Gasteiger partial charge in [-0.05, 0) is 19.8 Å². The van der Waals surface area contributed by atoms with Crippen molar-refractivity contribution in [1.29, 1.82) is 0 Å². The Bertz CT molecular complexity index is 99.6. The van der Waals surface area contributed by atoms with E-state index in [0.717, 1.165) is 19.4 Å². The van der Waals surface area contributed by atoms with E-state index in [1.165, 1.54) is 0 Å². The molecule has 74 valence electrons. The van der Waals surface area contributed by atoms with Crippen LogP contribution < -0.4 is 0 Å². The molecule has 0 unspecified atom stereocenters. The van der Waals surface area contributed by atoms with Crippen molar-refractivity contribution < 1.29 is 19.1 Å². The van der Waals surface area contributed by atoms with Crippen molar-refractivity contribution in [3.63, 3.8) is 0 Å². The molecule has 0 atom stereocenters. The summed E-state index contributed by atoms with van der Waals surface area (Å²) >= 11 is 0. The predicted octanol–water partition coefficient (Wildman–Crippen LogP) is 1.84. The van der Waals surface area contributed by atoms with Crippen LogP contribution in [0, 0.1) is 0 Å². The molecule has 12 heavy (non-hydrogen) atoms. The van der Waals surface area contributed by atoms with E-state index >= 15 is 0 Å². The van der Waals surface area contributed by atoms with Crippen molar-refractivity contribution in [2.75, 3.05) is 6.61 Å². The molecule has 0 aliphatic rings. The highest BCUT2D eigenvalue weighted by molar-refractivity contribution is 7.30. The van der Waals surface area contributed by atoms with Gasteiger partial charge in [-0.15, -0.1) is 9.79 Å². The van der Waals surface area contributed by atoms with Crippen LogP contribution in [0.25, 0.3) is 0 Å². The first kappa shape index (κ1) is 14.5. The van der Waals surface area contributed by atoms with E-state index < -0.39 is 8.25 Å². The van der Waals surface area contributed by atoms with E-state index in [4.69, 9.17) is 19.1 Å². The second-order valence-electron chi connectivity index (χ2n) is 2.15. The van der Waals surface area contributed by atoms with Gasteiger partial charge >= 0.3 is 8.25 Å². The van der Waals surface area contributed by atoms with Gasteiger partial charge in [0.2, 0.25) is 0 Å². The van der Waals surface area contributed by atoms with Crippen LogP contribution in [-0.2, 0) is 9.30 Å². The van der Waals surface area contributed by atoms with Gasteiger partial charge in [-0.25, -0.2) is 0 Å². The van der Waals surface area contributed by atoms with Gasteiger partial charge in [-0.2, -0.15) is 0 Å². The molecule has 0 aromatic rings. The van der Waals surface area contributed by atoms with Crippen molar-refractivity contribution in [1.82, 2.24) is 0 Å². The molecule has 0 saturated carbocycles. The van der Waals surface area contributed by atoms with Crippen LogP contribution >= 0.6 is 8.25 Å². The third-order valence-electron chi connectivity index (χ3n) is 1.31. The van der Waals surface area contributed by atoms with Crippen LogP contribution in [0.15, 0.2) is 0 Å². The van der Waals surface area contributed by atoms with Crippen molar-refractivity contribution >= 4 is 8.25 Å². The molecule has 0 aromatic heterocycles. The minimum absolute atomic E-state index is 0.500. The van der Waals surface area contributed by atoms with Crippen molar-refractivity contribution in [2.45, 2.75) is 39.7 Å². The first-order valence-corrected chi connectivity index (χ1v) is 5.21. The van der Waals surface area contributed by atoms with Gasteiger partial charge in [0.1, 0.15) is 0 Å². The quantitative estimate of drug-likeness (QED) is 0.675. The van der Waals surface area contributed by atoms with Crippen LogP contribution in [0.5, 0.6) is 0 Å². The van der Waals surface area contributed by atoms with Gasteiger partial charge in [0.05, 0.1) is 6.10 Å². The second kappa shape index (κ2) is 11.0. The smallest absolute Gasteiger partial charge is 0.379 e. The van der Waals surface area contributed by atoms with Gasteiger partial charge in [-0.1, -0.05) is 13.8 Å². The predicted molar refractivity (Wildman–Crippen MR) is 48.0 cm³/mol. The molecular formula is C7H18O4P+. The lowest BCUT2D eigenvalue weighted by molar-refractivity contribution is 0.0578. The number of hydrogen-bond acceptors (Lipinski definition) is 2. The molecule has 0 amide bonds. The Kier molecular flexibility index (Phi) is 13.3. The molecule has 0 spiro atoms. The highest BCUT2D eigenvalue weighted by Crippen LogP contribution is 2.00. The lowest BCUT2D eigenvalue weighted by Gasteiger charge is -2.10. The molecule has 0 radical (unpaired) electrons. The minimum atomic E-state index is -2.87. The van der Waals surface area contributed by atoms with Crippen LogP contribution in [0.1, 0.15) is 33.6 Å². The standard InChI is InChI=1S/C7H16O.HO3P/c1-4-7(5-2)8-6-3;1-4(2)3/h7H,4-6H2,1-3H3;(H-,1,2,3)/p+1. The average Bonchev–Trinajstić information content (AvgIpc) is 1.99. The number of ether oxygens (including phenoxy) is 1. The van der Waals surface area contributed by atoms with E-state index in [9.17, 15) is 0 Å². The highest BCUT2D eigenvalue weighted by atomic mass is 31.1. The Balaban J connectivity index is 0. The zero-order valence-electron chi connectivity index (χ0n) is 7.86. The SMILES string of the molecule is CCOC(CC)CC.O=[P+](O)O. The van der Waals surface area contributed by atoms with Gasteiger partial charge in [0.25, 0.3) is 0 Å². The van der Waals surface area contributed by atoms with E-state index in [2.05, 4.69) is 13.8 Å². The van der Waals surface area contributed by atoms with E-state index in [1.807, 2.05) is 6.92 Å². The molecule has 0 heterocycles. The molecule has 0 aliphatic carbocycles. The van der Waals surface area contributed by atoms with E-state index in [0.29, 0.717) is 6.10 Å². The summed E-state index contributed by atoms with van der Waals surface area (Å²) in [5.74, 6) is 0. The summed E-state index contributed by atoms with van der Waals surface area (Å²) in [6.45, 7) is 7.21. The normalized spacial score (nSPS) is 9.17. The van der Waals surface area contributed by atoms with Crippen molar-refractivity contribution in [3.8, 4) is 0 Å². The summed E-state index contributed by atoms with van der Waals surface area (Å²) in [6.07, 6.45) is 2.79. The molecular weight excluding hydrogens is 179 g/mol. The van der Waals surface area contributed by atoms with Gasteiger partial charge < -0.3 is 4.74 Å². The maximum atomic E-state index is 8.70. The largest absolute Gasteiger partial charge is 0.692 e.